The quantitative estimate of drug-likeness (QED) is 0.726. The van der Waals surface area contributed by atoms with Crippen molar-refractivity contribution in [2.45, 2.75) is 0 Å². The second kappa shape index (κ2) is 2.68. The lowest BCUT2D eigenvalue weighted by molar-refractivity contribution is -0.00590. The van der Waals surface area contributed by atoms with Crippen LogP contribution in [0.2, 0.25) is 5.02 Å². The van der Waals surface area contributed by atoms with Crippen molar-refractivity contribution in [1.82, 2.24) is 4.98 Å². The molecule has 0 aliphatic rings. The van der Waals surface area contributed by atoms with E-state index in [1.807, 2.05) is 0 Å². The maximum absolute atomic E-state index is 11.8. The van der Waals surface area contributed by atoms with E-state index in [1.54, 1.807) is 18.3 Å². The summed E-state index contributed by atoms with van der Waals surface area (Å²) in [7, 11) is 0. The molecule has 0 aliphatic heterocycles. The van der Waals surface area contributed by atoms with Gasteiger partial charge < -0.3 is 4.98 Å². The minimum atomic E-state index is 0.0452. The van der Waals surface area contributed by atoms with E-state index in [0.717, 1.165) is 10.9 Å². The van der Waals surface area contributed by atoms with Crippen LogP contribution in [0, 0.1) is 0 Å². The van der Waals surface area contributed by atoms with Crippen molar-refractivity contribution in [2.24, 2.45) is 0 Å². The van der Waals surface area contributed by atoms with E-state index in [2.05, 4.69) is 9.93 Å². The monoisotopic (exact) mass is 185 g/mol. The average Bonchev–Trinajstić information content (AvgIpc) is 2.53. The van der Waals surface area contributed by atoms with E-state index in [-0.39, 0.29) is 10.8 Å². The van der Waals surface area contributed by atoms with Crippen LogP contribution >= 0.6 is 11.6 Å². The molecule has 62 valence electrons. The number of nitrogens with one attached hydrogen (secondary N) is 1. The third-order valence-electron chi connectivity index (χ3n) is 1.72. The molecule has 0 aliphatic carbocycles. The average molecular weight is 186 g/mol. The summed E-state index contributed by atoms with van der Waals surface area (Å²) in [6.45, 7) is 0. The molecule has 0 fully saturated rings. The van der Waals surface area contributed by atoms with Crippen LogP contribution in [0.5, 0.6) is 5.75 Å². The first-order valence-corrected chi connectivity index (χ1v) is 3.75. The van der Waals surface area contributed by atoms with Crippen LogP contribution in [-0.2, 0) is 0 Å². The van der Waals surface area contributed by atoms with Gasteiger partial charge in [0, 0.05) is 21.6 Å². The summed E-state index contributed by atoms with van der Waals surface area (Å²) in [5.41, 5.74) is 0.862. The van der Waals surface area contributed by atoms with Gasteiger partial charge in [0.1, 0.15) is 0 Å². The van der Waals surface area contributed by atoms with Gasteiger partial charge in [-0.2, -0.15) is 0 Å². The molecule has 0 spiro atoms. The number of fused-ring (bicyclic) bond motifs is 1. The van der Waals surface area contributed by atoms with E-state index < -0.39 is 0 Å². The standard InChI is InChI=1S/C8H5ClFNO/c9-8-5-3-4-11-6(5)1-2-7(8)12-10/h1-4,11H. The van der Waals surface area contributed by atoms with Crippen LogP contribution in [0.4, 0.5) is 4.53 Å². The minimum absolute atomic E-state index is 0.0452. The van der Waals surface area contributed by atoms with Crippen molar-refractivity contribution in [1.29, 1.82) is 0 Å². The third-order valence-corrected chi connectivity index (χ3v) is 2.11. The molecule has 2 aromatic rings. The fourth-order valence-corrected chi connectivity index (χ4v) is 1.39. The van der Waals surface area contributed by atoms with Gasteiger partial charge in [-0.3, -0.25) is 4.94 Å². The van der Waals surface area contributed by atoms with Gasteiger partial charge in [-0.25, -0.2) is 0 Å². The van der Waals surface area contributed by atoms with Crippen molar-refractivity contribution in [2.75, 3.05) is 0 Å². The normalized spacial score (nSPS) is 10.5. The Balaban J connectivity index is 2.78. The molecule has 2 rings (SSSR count). The number of halogens is 2. The van der Waals surface area contributed by atoms with E-state index in [9.17, 15) is 4.53 Å². The molecule has 0 atom stereocenters. The minimum Gasteiger partial charge on any atom is -0.361 e. The Morgan fingerprint density at radius 2 is 2.17 bits per heavy atom. The highest BCUT2D eigenvalue weighted by Gasteiger charge is 2.06. The maximum Gasteiger partial charge on any atom is 0.191 e. The summed E-state index contributed by atoms with van der Waals surface area (Å²) in [5.74, 6) is 0.0452. The zero-order valence-corrected chi connectivity index (χ0v) is 6.73. The largest absolute Gasteiger partial charge is 0.361 e. The van der Waals surface area contributed by atoms with Crippen molar-refractivity contribution in [3.05, 3.63) is 29.4 Å². The Labute approximate surface area is 72.8 Å². The molecule has 0 saturated carbocycles. The van der Waals surface area contributed by atoms with Gasteiger partial charge in [-0.15, -0.1) is 0 Å². The molecular weight excluding hydrogens is 181 g/mol. The molecule has 1 aromatic carbocycles. The molecule has 0 saturated heterocycles. The number of rotatable bonds is 1. The molecular formula is C8H5ClFNO. The van der Waals surface area contributed by atoms with Gasteiger partial charge in [0.2, 0.25) is 0 Å². The van der Waals surface area contributed by atoms with Gasteiger partial charge >= 0.3 is 0 Å². The van der Waals surface area contributed by atoms with Crippen molar-refractivity contribution >= 4 is 22.5 Å². The van der Waals surface area contributed by atoms with Crippen LogP contribution in [0.1, 0.15) is 0 Å². The van der Waals surface area contributed by atoms with Gasteiger partial charge in [0.05, 0.1) is 5.02 Å². The first-order valence-electron chi connectivity index (χ1n) is 3.37. The molecule has 4 heteroatoms. The molecule has 0 radical (unpaired) electrons. The van der Waals surface area contributed by atoms with Gasteiger partial charge in [0.15, 0.2) is 5.75 Å². The number of aromatic amines is 1. The Morgan fingerprint density at radius 3 is 2.92 bits per heavy atom. The number of H-pyrrole nitrogens is 1. The first-order chi connectivity index (χ1) is 5.83. The Kier molecular flexibility index (Phi) is 1.66. The highest BCUT2D eigenvalue weighted by Crippen LogP contribution is 2.32. The lowest BCUT2D eigenvalue weighted by Gasteiger charge is -1.98. The van der Waals surface area contributed by atoms with Crippen molar-refractivity contribution in [3.63, 3.8) is 0 Å². The Hall–Kier alpha value is -1.22. The fourth-order valence-electron chi connectivity index (χ4n) is 1.14. The van der Waals surface area contributed by atoms with E-state index >= 15 is 0 Å². The van der Waals surface area contributed by atoms with Crippen molar-refractivity contribution in [3.8, 4) is 5.75 Å². The predicted octanol–water partition coefficient (Wildman–Crippen LogP) is 3.08. The second-order valence-electron chi connectivity index (χ2n) is 2.39. The van der Waals surface area contributed by atoms with Crippen LogP contribution in [0.25, 0.3) is 10.9 Å². The molecule has 0 bridgehead atoms. The van der Waals surface area contributed by atoms with Crippen LogP contribution in [0.3, 0.4) is 0 Å². The number of aromatic nitrogens is 1. The lowest BCUT2D eigenvalue weighted by Crippen LogP contribution is -1.78. The zero-order chi connectivity index (χ0) is 8.55. The highest BCUT2D eigenvalue weighted by molar-refractivity contribution is 6.36. The molecule has 2 nitrogen and oxygen atoms in total. The topological polar surface area (TPSA) is 25.0 Å². The predicted molar refractivity (Wildman–Crippen MR) is 45.0 cm³/mol. The van der Waals surface area contributed by atoms with E-state index in [1.165, 1.54) is 6.07 Å². The molecule has 0 amide bonds. The first kappa shape index (κ1) is 7.43. The summed E-state index contributed by atoms with van der Waals surface area (Å²) in [5, 5.41) is 1.04. The van der Waals surface area contributed by atoms with Crippen LogP contribution in [-0.4, -0.2) is 4.98 Å². The number of hydrogen-bond acceptors (Lipinski definition) is 1. The van der Waals surface area contributed by atoms with Gasteiger partial charge in [-0.05, 0) is 18.2 Å². The second-order valence-corrected chi connectivity index (χ2v) is 2.77. The maximum atomic E-state index is 11.8. The van der Waals surface area contributed by atoms with E-state index in [4.69, 9.17) is 11.6 Å². The number of benzene rings is 1. The smallest absolute Gasteiger partial charge is 0.191 e. The molecule has 12 heavy (non-hydrogen) atoms. The molecule has 0 unspecified atom stereocenters. The highest BCUT2D eigenvalue weighted by atomic mass is 35.5. The third kappa shape index (κ3) is 0.940. The zero-order valence-electron chi connectivity index (χ0n) is 5.97. The molecule has 1 aromatic heterocycles. The van der Waals surface area contributed by atoms with E-state index in [0.29, 0.717) is 0 Å². The summed E-state index contributed by atoms with van der Waals surface area (Å²) >= 11 is 5.80. The summed E-state index contributed by atoms with van der Waals surface area (Å²) in [4.78, 5) is 6.53. The molecule has 1 N–H and O–H groups in total. The fraction of sp³-hybridized carbons (Fsp3) is 0. The summed E-state index contributed by atoms with van der Waals surface area (Å²) < 4.78 is 11.8. The van der Waals surface area contributed by atoms with Crippen LogP contribution < -0.4 is 4.94 Å². The Morgan fingerprint density at radius 1 is 1.33 bits per heavy atom. The van der Waals surface area contributed by atoms with Crippen molar-refractivity contribution < 1.29 is 9.47 Å². The van der Waals surface area contributed by atoms with Crippen LogP contribution in [0.15, 0.2) is 24.4 Å². The SMILES string of the molecule is FOc1ccc2[nH]ccc2c1Cl. The number of hydrogen-bond donors (Lipinski definition) is 1. The van der Waals surface area contributed by atoms with Gasteiger partial charge in [0.25, 0.3) is 0 Å². The van der Waals surface area contributed by atoms with Gasteiger partial charge in [-0.1, -0.05) is 11.6 Å². The molecule has 1 heterocycles. The summed E-state index contributed by atoms with van der Waals surface area (Å²) in [6, 6.07) is 4.94. The Bertz CT molecular complexity index is 412. The summed E-state index contributed by atoms with van der Waals surface area (Å²) in [6.07, 6.45) is 1.73. The lowest BCUT2D eigenvalue weighted by atomic mass is 10.2.